The highest BCUT2D eigenvalue weighted by molar-refractivity contribution is 6.03. The van der Waals surface area contributed by atoms with Crippen molar-refractivity contribution in [3.05, 3.63) is 66.2 Å². The topological polar surface area (TPSA) is 141 Å². The third-order valence-corrected chi connectivity index (χ3v) is 4.94. The van der Waals surface area contributed by atoms with E-state index in [0.29, 0.717) is 22.6 Å². The van der Waals surface area contributed by atoms with Crippen molar-refractivity contribution in [3.8, 4) is 11.3 Å². The number of amides is 1. The van der Waals surface area contributed by atoms with E-state index in [1.165, 1.54) is 29.9 Å². The average Bonchev–Trinajstić information content (AvgIpc) is 3.46. The zero-order chi connectivity index (χ0) is 23.5. The van der Waals surface area contributed by atoms with Gasteiger partial charge in [-0.25, -0.2) is 23.8 Å². The van der Waals surface area contributed by atoms with Gasteiger partial charge in [-0.1, -0.05) is 12.1 Å². The second-order valence-electron chi connectivity index (χ2n) is 7.05. The smallest absolute Gasteiger partial charge is 0.343 e. The Morgan fingerprint density at radius 2 is 1.97 bits per heavy atom. The number of esters is 1. The van der Waals surface area contributed by atoms with E-state index in [4.69, 9.17) is 4.74 Å². The minimum Gasteiger partial charge on any atom is -0.480 e. The van der Waals surface area contributed by atoms with Crippen LogP contribution in [0.25, 0.3) is 16.9 Å². The molecule has 0 radical (unpaired) electrons. The van der Waals surface area contributed by atoms with Gasteiger partial charge >= 0.3 is 11.9 Å². The molecule has 0 saturated carbocycles. The van der Waals surface area contributed by atoms with Crippen LogP contribution in [0.15, 0.2) is 55.0 Å². The molecule has 0 spiro atoms. The number of anilines is 1. The van der Waals surface area contributed by atoms with Crippen molar-refractivity contribution in [1.82, 2.24) is 24.4 Å². The largest absolute Gasteiger partial charge is 0.480 e. The number of hydrogen-bond acceptors (Lipinski definition) is 7. The quantitative estimate of drug-likeness (QED) is 0.411. The third-order valence-electron chi connectivity index (χ3n) is 4.94. The van der Waals surface area contributed by atoms with Gasteiger partial charge in [0.15, 0.2) is 5.65 Å². The highest BCUT2D eigenvalue weighted by atomic mass is 16.5. The van der Waals surface area contributed by atoms with Gasteiger partial charge in [0.05, 0.1) is 18.5 Å². The fourth-order valence-corrected chi connectivity index (χ4v) is 3.32. The molecule has 168 valence electrons. The summed E-state index contributed by atoms with van der Waals surface area (Å²) >= 11 is 0. The molecular weight excluding hydrogens is 428 g/mol. The summed E-state index contributed by atoms with van der Waals surface area (Å²) in [5.74, 6) is -2.11. The Hall–Kier alpha value is -4.54. The molecule has 1 atom stereocenters. The van der Waals surface area contributed by atoms with Crippen LogP contribution >= 0.6 is 0 Å². The Labute approximate surface area is 187 Å². The third kappa shape index (κ3) is 4.15. The summed E-state index contributed by atoms with van der Waals surface area (Å²) < 4.78 is 7.73. The number of benzene rings is 1. The molecule has 4 rings (SSSR count). The number of ether oxygens (including phenoxy) is 1. The highest BCUT2D eigenvalue weighted by Crippen LogP contribution is 2.24. The standard InChI is InChI=1S/C22H20N6O5/c1-3-33-22(32)16-12-25-28-17(7-9-23-19(16)28)14-5-4-6-15(11-14)26-20(29)18-8-10-24-27(18)13(2)21(30)31/h4-13H,3H2,1-2H3,(H,26,29)(H,30,31). The van der Waals surface area contributed by atoms with Gasteiger partial charge in [0.25, 0.3) is 5.91 Å². The van der Waals surface area contributed by atoms with Crippen molar-refractivity contribution in [1.29, 1.82) is 0 Å². The van der Waals surface area contributed by atoms with Gasteiger partial charge in [-0.15, -0.1) is 0 Å². The molecule has 1 aromatic carbocycles. The highest BCUT2D eigenvalue weighted by Gasteiger charge is 2.21. The molecule has 1 amide bonds. The fourth-order valence-electron chi connectivity index (χ4n) is 3.32. The number of nitrogens with zero attached hydrogens (tertiary/aromatic N) is 5. The molecule has 3 aromatic heterocycles. The normalized spacial score (nSPS) is 11.8. The Morgan fingerprint density at radius 3 is 2.73 bits per heavy atom. The SMILES string of the molecule is CCOC(=O)c1cnn2c(-c3cccc(NC(=O)c4ccnn4C(C)C(=O)O)c3)ccnc12. The molecule has 0 aliphatic carbocycles. The Morgan fingerprint density at radius 1 is 1.15 bits per heavy atom. The van der Waals surface area contributed by atoms with E-state index in [0.717, 1.165) is 4.68 Å². The maximum atomic E-state index is 12.8. The van der Waals surface area contributed by atoms with Crippen LogP contribution in [-0.2, 0) is 9.53 Å². The van der Waals surface area contributed by atoms with Crippen LogP contribution in [0.3, 0.4) is 0 Å². The van der Waals surface area contributed by atoms with Crippen molar-refractivity contribution >= 4 is 29.2 Å². The van der Waals surface area contributed by atoms with Crippen LogP contribution < -0.4 is 5.32 Å². The first-order chi connectivity index (χ1) is 15.9. The predicted octanol–water partition coefficient (Wildman–Crippen LogP) is 2.67. The van der Waals surface area contributed by atoms with Gasteiger partial charge in [-0.3, -0.25) is 4.79 Å². The first-order valence-corrected chi connectivity index (χ1v) is 10.1. The van der Waals surface area contributed by atoms with Gasteiger partial charge in [0, 0.05) is 23.6 Å². The zero-order valence-electron chi connectivity index (χ0n) is 17.8. The van der Waals surface area contributed by atoms with Gasteiger partial charge in [-0.05, 0) is 38.1 Å². The van der Waals surface area contributed by atoms with Crippen LogP contribution in [-0.4, -0.2) is 53.9 Å². The van der Waals surface area contributed by atoms with Crippen LogP contribution in [0.4, 0.5) is 5.69 Å². The summed E-state index contributed by atoms with van der Waals surface area (Å²) in [5, 5.41) is 20.2. The number of carboxylic acids is 1. The molecule has 11 heteroatoms. The molecule has 0 bridgehead atoms. The van der Waals surface area contributed by atoms with E-state index < -0.39 is 23.9 Å². The van der Waals surface area contributed by atoms with E-state index in [1.807, 2.05) is 6.07 Å². The molecule has 1 unspecified atom stereocenters. The summed E-state index contributed by atoms with van der Waals surface area (Å²) in [6, 6.07) is 9.21. The minimum atomic E-state index is -1.10. The summed E-state index contributed by atoms with van der Waals surface area (Å²) in [6.07, 6.45) is 4.34. The van der Waals surface area contributed by atoms with Gasteiger partial charge in [0.2, 0.25) is 0 Å². The lowest BCUT2D eigenvalue weighted by atomic mass is 10.1. The minimum absolute atomic E-state index is 0.118. The molecule has 0 fully saturated rings. The van der Waals surface area contributed by atoms with E-state index >= 15 is 0 Å². The number of carbonyl (C=O) groups excluding carboxylic acids is 2. The fraction of sp³-hybridized carbons (Fsp3) is 0.182. The molecule has 33 heavy (non-hydrogen) atoms. The average molecular weight is 448 g/mol. The number of nitrogens with one attached hydrogen (secondary N) is 1. The maximum absolute atomic E-state index is 12.8. The first kappa shape index (κ1) is 21.7. The van der Waals surface area contributed by atoms with Crippen LogP contribution in [0.5, 0.6) is 0 Å². The first-order valence-electron chi connectivity index (χ1n) is 10.1. The molecule has 3 heterocycles. The van der Waals surface area contributed by atoms with E-state index in [1.54, 1.807) is 37.4 Å². The van der Waals surface area contributed by atoms with E-state index in [-0.39, 0.29) is 17.9 Å². The number of hydrogen-bond donors (Lipinski definition) is 2. The van der Waals surface area contributed by atoms with Crippen molar-refractivity contribution in [2.75, 3.05) is 11.9 Å². The summed E-state index contributed by atoms with van der Waals surface area (Å²) in [6.45, 7) is 3.40. The molecular formula is C22H20N6O5. The second-order valence-corrected chi connectivity index (χ2v) is 7.05. The molecule has 11 nitrogen and oxygen atoms in total. The van der Waals surface area contributed by atoms with Crippen molar-refractivity contribution in [2.45, 2.75) is 19.9 Å². The number of carboxylic acid groups (broad SMARTS) is 1. The maximum Gasteiger partial charge on any atom is 0.343 e. The Bertz CT molecular complexity index is 1360. The van der Waals surface area contributed by atoms with E-state index in [9.17, 15) is 19.5 Å². The lowest BCUT2D eigenvalue weighted by molar-refractivity contribution is -0.140. The van der Waals surface area contributed by atoms with Crippen LogP contribution in [0.2, 0.25) is 0 Å². The van der Waals surface area contributed by atoms with E-state index in [2.05, 4.69) is 20.5 Å². The number of aliphatic carboxylic acids is 1. The number of carbonyl (C=O) groups is 3. The number of aromatic nitrogens is 5. The van der Waals surface area contributed by atoms with Crippen molar-refractivity contribution in [3.63, 3.8) is 0 Å². The number of rotatable bonds is 7. The molecule has 0 aliphatic rings. The zero-order valence-corrected chi connectivity index (χ0v) is 17.8. The predicted molar refractivity (Wildman–Crippen MR) is 117 cm³/mol. The Balaban J connectivity index is 1.64. The van der Waals surface area contributed by atoms with Crippen LogP contribution in [0.1, 0.15) is 40.7 Å². The monoisotopic (exact) mass is 448 g/mol. The van der Waals surface area contributed by atoms with Crippen LogP contribution in [0, 0.1) is 0 Å². The molecule has 0 aliphatic heterocycles. The van der Waals surface area contributed by atoms with Gasteiger partial charge < -0.3 is 15.2 Å². The summed E-state index contributed by atoms with van der Waals surface area (Å²) in [5.41, 5.74) is 2.57. The Kier molecular flexibility index (Phi) is 5.85. The molecule has 0 saturated heterocycles. The molecule has 4 aromatic rings. The summed E-state index contributed by atoms with van der Waals surface area (Å²) in [7, 11) is 0. The number of fused-ring (bicyclic) bond motifs is 1. The van der Waals surface area contributed by atoms with Crippen molar-refractivity contribution < 1.29 is 24.2 Å². The second kappa shape index (κ2) is 8.91. The lowest BCUT2D eigenvalue weighted by Crippen LogP contribution is -2.24. The summed E-state index contributed by atoms with van der Waals surface area (Å²) in [4.78, 5) is 40.5. The lowest BCUT2D eigenvalue weighted by Gasteiger charge is -2.12. The van der Waals surface area contributed by atoms with Gasteiger partial charge in [0.1, 0.15) is 17.3 Å². The molecule has 2 N–H and O–H groups in total. The van der Waals surface area contributed by atoms with Crippen molar-refractivity contribution in [2.24, 2.45) is 0 Å². The van der Waals surface area contributed by atoms with Gasteiger partial charge in [-0.2, -0.15) is 10.2 Å².